The van der Waals surface area contributed by atoms with Crippen LogP contribution in [0.2, 0.25) is 18.1 Å². The lowest BCUT2D eigenvalue weighted by molar-refractivity contribution is 0.0522. The van der Waals surface area contributed by atoms with Crippen LogP contribution in [0.25, 0.3) is 0 Å². The fraction of sp³-hybridized carbons (Fsp3) is 0.688. The third kappa shape index (κ3) is 5.49. The molecule has 0 fully saturated rings. The van der Waals surface area contributed by atoms with Gasteiger partial charge in [0.25, 0.3) is 0 Å². The molecule has 1 N–H and O–H groups in total. The Bertz CT molecular complexity index is 335. The Kier molecular flexibility index (Phi) is 7.02. The molecule has 0 aliphatic rings. The Labute approximate surface area is 120 Å². The SMILES string of the molecule is C=C=CC[C@@H](O)[C@@H](C)[C@@H](C=C)O[Si](C)(C)C(C)(C)C. The standard InChI is InChI=1S/C16H30O2Si/c1-9-11-12-14(17)13(3)15(10-2)18-19(7,8)16(4,5)6/h10-11,13-15,17H,1-2,12H2,3-8H3/t13-,14-,15-/m1/s1. The Balaban J connectivity index is 4.84. The lowest BCUT2D eigenvalue weighted by atomic mass is 9.96. The monoisotopic (exact) mass is 282 g/mol. The summed E-state index contributed by atoms with van der Waals surface area (Å²) in [6, 6.07) is 0. The van der Waals surface area contributed by atoms with Gasteiger partial charge in [0.2, 0.25) is 0 Å². The van der Waals surface area contributed by atoms with Gasteiger partial charge >= 0.3 is 0 Å². The van der Waals surface area contributed by atoms with Gasteiger partial charge in [0.05, 0.1) is 12.2 Å². The summed E-state index contributed by atoms with van der Waals surface area (Å²) in [5.74, 6) is 0.0104. The van der Waals surface area contributed by atoms with E-state index in [1.54, 1.807) is 6.08 Å². The lowest BCUT2D eigenvalue weighted by Gasteiger charge is -2.40. The molecular formula is C16H30O2Si. The highest BCUT2D eigenvalue weighted by Crippen LogP contribution is 2.38. The summed E-state index contributed by atoms with van der Waals surface area (Å²) < 4.78 is 6.33. The average molecular weight is 282 g/mol. The number of hydrogen-bond donors (Lipinski definition) is 1. The maximum Gasteiger partial charge on any atom is 0.192 e. The predicted molar refractivity (Wildman–Crippen MR) is 85.8 cm³/mol. The van der Waals surface area contributed by atoms with Crippen molar-refractivity contribution in [2.24, 2.45) is 5.92 Å². The predicted octanol–water partition coefficient (Wildman–Crippen LogP) is 4.29. The van der Waals surface area contributed by atoms with Crippen LogP contribution < -0.4 is 0 Å². The Hall–Kier alpha value is -0.603. The van der Waals surface area contributed by atoms with Crippen LogP contribution in [0.5, 0.6) is 0 Å². The van der Waals surface area contributed by atoms with Crippen LogP contribution in [0.15, 0.2) is 31.0 Å². The van der Waals surface area contributed by atoms with Crippen LogP contribution in [0.1, 0.15) is 34.1 Å². The molecule has 0 saturated heterocycles. The van der Waals surface area contributed by atoms with Crippen molar-refractivity contribution in [2.75, 3.05) is 0 Å². The third-order valence-corrected chi connectivity index (χ3v) is 8.57. The highest BCUT2D eigenvalue weighted by molar-refractivity contribution is 6.74. The zero-order chi connectivity index (χ0) is 15.3. The van der Waals surface area contributed by atoms with Gasteiger partial charge in [-0.15, -0.1) is 12.3 Å². The smallest absolute Gasteiger partial charge is 0.192 e. The van der Waals surface area contributed by atoms with Gasteiger partial charge in [-0.3, -0.25) is 0 Å². The fourth-order valence-corrected chi connectivity index (χ4v) is 2.87. The van der Waals surface area contributed by atoms with Gasteiger partial charge in [0, 0.05) is 5.92 Å². The van der Waals surface area contributed by atoms with Gasteiger partial charge in [0.15, 0.2) is 8.32 Å². The van der Waals surface area contributed by atoms with Gasteiger partial charge < -0.3 is 9.53 Å². The topological polar surface area (TPSA) is 29.5 Å². The second-order valence-electron chi connectivity index (χ2n) is 6.65. The summed E-state index contributed by atoms with van der Waals surface area (Å²) >= 11 is 0. The molecule has 3 heteroatoms. The molecule has 110 valence electrons. The quantitative estimate of drug-likeness (QED) is 0.429. The molecule has 0 aromatic rings. The van der Waals surface area contributed by atoms with Crippen molar-refractivity contribution >= 4 is 8.32 Å². The fourth-order valence-electron chi connectivity index (χ4n) is 1.52. The first-order valence-electron chi connectivity index (χ1n) is 6.89. The summed E-state index contributed by atoms with van der Waals surface area (Å²) in [7, 11) is -1.85. The van der Waals surface area contributed by atoms with Gasteiger partial charge in [0.1, 0.15) is 0 Å². The van der Waals surface area contributed by atoms with Gasteiger partial charge in [-0.1, -0.05) is 40.3 Å². The molecule has 0 aromatic carbocycles. The Morgan fingerprint density at radius 2 is 1.89 bits per heavy atom. The molecule has 19 heavy (non-hydrogen) atoms. The summed E-state index contributed by atoms with van der Waals surface area (Å²) in [6.45, 7) is 20.4. The number of aliphatic hydroxyl groups is 1. The first-order chi connectivity index (χ1) is 8.56. The van der Waals surface area contributed by atoms with Crippen molar-refractivity contribution in [3.8, 4) is 0 Å². The van der Waals surface area contributed by atoms with Gasteiger partial charge in [-0.2, -0.15) is 0 Å². The van der Waals surface area contributed by atoms with E-state index in [-0.39, 0.29) is 17.1 Å². The molecule has 0 aromatic heterocycles. The summed E-state index contributed by atoms with van der Waals surface area (Å²) in [5.41, 5.74) is 2.69. The largest absolute Gasteiger partial charge is 0.410 e. The minimum atomic E-state index is -1.85. The van der Waals surface area contributed by atoms with E-state index in [0.717, 1.165) is 0 Å². The lowest BCUT2D eigenvalue weighted by Crippen LogP contribution is -2.46. The molecule has 0 aliphatic heterocycles. The van der Waals surface area contributed by atoms with Crippen LogP contribution >= 0.6 is 0 Å². The second kappa shape index (κ2) is 7.25. The van der Waals surface area contributed by atoms with Gasteiger partial charge in [-0.05, 0) is 30.6 Å². The molecule has 3 atom stereocenters. The summed E-state index contributed by atoms with van der Waals surface area (Å²) in [4.78, 5) is 0. The molecule has 0 rings (SSSR count). The van der Waals surface area contributed by atoms with Crippen molar-refractivity contribution < 1.29 is 9.53 Å². The van der Waals surface area contributed by atoms with E-state index in [0.29, 0.717) is 6.42 Å². The van der Waals surface area contributed by atoms with E-state index < -0.39 is 14.4 Å². The van der Waals surface area contributed by atoms with Gasteiger partial charge in [-0.25, -0.2) is 0 Å². The van der Waals surface area contributed by atoms with Crippen molar-refractivity contribution in [1.82, 2.24) is 0 Å². The minimum absolute atomic E-state index is 0.0104. The van der Waals surface area contributed by atoms with Crippen molar-refractivity contribution in [3.63, 3.8) is 0 Å². The Morgan fingerprint density at radius 1 is 1.37 bits per heavy atom. The van der Waals surface area contributed by atoms with E-state index in [1.165, 1.54) is 0 Å². The summed E-state index contributed by atoms with van der Waals surface area (Å²) in [5, 5.41) is 10.3. The first-order valence-corrected chi connectivity index (χ1v) is 9.80. The minimum Gasteiger partial charge on any atom is -0.410 e. The van der Waals surface area contributed by atoms with Crippen LogP contribution in [-0.2, 0) is 4.43 Å². The van der Waals surface area contributed by atoms with E-state index in [4.69, 9.17) is 4.43 Å². The Morgan fingerprint density at radius 3 is 2.26 bits per heavy atom. The number of rotatable bonds is 7. The van der Waals surface area contributed by atoms with Crippen molar-refractivity contribution in [2.45, 2.75) is 64.5 Å². The maximum atomic E-state index is 10.1. The van der Waals surface area contributed by atoms with E-state index >= 15 is 0 Å². The molecule has 0 radical (unpaired) electrons. The van der Waals surface area contributed by atoms with Crippen LogP contribution in [0, 0.1) is 5.92 Å². The zero-order valence-corrected chi connectivity index (χ0v) is 14.4. The molecule has 2 nitrogen and oxygen atoms in total. The molecule has 0 saturated carbocycles. The number of aliphatic hydroxyl groups excluding tert-OH is 1. The average Bonchev–Trinajstić information content (AvgIpc) is 2.30. The van der Waals surface area contributed by atoms with Crippen LogP contribution in [0.4, 0.5) is 0 Å². The van der Waals surface area contributed by atoms with Crippen LogP contribution in [0.3, 0.4) is 0 Å². The molecule has 0 unspecified atom stereocenters. The molecule has 0 aliphatic carbocycles. The highest BCUT2D eigenvalue weighted by atomic mass is 28.4. The third-order valence-electron chi connectivity index (χ3n) is 4.10. The van der Waals surface area contributed by atoms with E-state index in [9.17, 15) is 5.11 Å². The van der Waals surface area contributed by atoms with Crippen LogP contribution in [-0.4, -0.2) is 25.6 Å². The van der Waals surface area contributed by atoms with E-state index in [2.05, 4.69) is 52.8 Å². The summed E-state index contributed by atoms with van der Waals surface area (Å²) in [6.07, 6.45) is 3.55. The normalized spacial score (nSPS) is 17.2. The molecule has 0 bridgehead atoms. The highest BCUT2D eigenvalue weighted by Gasteiger charge is 2.40. The maximum absolute atomic E-state index is 10.1. The molecule has 0 heterocycles. The molecular weight excluding hydrogens is 252 g/mol. The van der Waals surface area contributed by atoms with E-state index in [1.807, 2.05) is 13.0 Å². The first kappa shape index (κ1) is 18.4. The van der Waals surface area contributed by atoms with Crippen molar-refractivity contribution in [1.29, 1.82) is 0 Å². The molecule has 0 spiro atoms. The van der Waals surface area contributed by atoms with Crippen molar-refractivity contribution in [3.05, 3.63) is 31.0 Å². The second-order valence-corrected chi connectivity index (χ2v) is 11.4. The molecule has 0 amide bonds. The number of hydrogen-bond acceptors (Lipinski definition) is 2. The zero-order valence-electron chi connectivity index (χ0n) is 13.4.